The van der Waals surface area contributed by atoms with E-state index in [9.17, 15) is 5.11 Å². The molecule has 1 atom stereocenters. The van der Waals surface area contributed by atoms with E-state index in [1.54, 1.807) is 0 Å². The van der Waals surface area contributed by atoms with Crippen LogP contribution < -0.4 is 0 Å². The first-order chi connectivity index (χ1) is 9.43. The molecule has 1 unspecified atom stereocenters. The minimum Gasteiger partial charge on any atom is -0.388 e. The highest BCUT2D eigenvalue weighted by Crippen LogP contribution is 2.28. The predicted molar refractivity (Wildman–Crippen MR) is 87.9 cm³/mol. The Labute approximate surface area is 136 Å². The van der Waals surface area contributed by atoms with Crippen molar-refractivity contribution >= 4 is 31.9 Å². The average Bonchev–Trinajstić information content (AvgIpc) is 2.69. The number of aromatic nitrogens is 2. The monoisotopic (exact) mass is 400 g/mol. The van der Waals surface area contributed by atoms with Crippen molar-refractivity contribution < 1.29 is 5.11 Å². The van der Waals surface area contributed by atoms with Gasteiger partial charge in [-0.15, -0.1) is 0 Å². The molecule has 2 rings (SSSR count). The van der Waals surface area contributed by atoms with E-state index < -0.39 is 6.10 Å². The van der Waals surface area contributed by atoms with Crippen molar-refractivity contribution in [2.24, 2.45) is 0 Å². The van der Waals surface area contributed by atoms with Crippen molar-refractivity contribution in [3.8, 4) is 0 Å². The predicted octanol–water partition coefficient (Wildman–Crippen LogP) is 4.32. The van der Waals surface area contributed by atoms with Gasteiger partial charge in [-0.25, -0.2) is 0 Å². The van der Waals surface area contributed by atoms with E-state index >= 15 is 0 Å². The number of nitrogens with zero attached hydrogens (tertiary/aromatic N) is 2. The molecule has 0 bridgehead atoms. The summed E-state index contributed by atoms with van der Waals surface area (Å²) < 4.78 is 3.99. The summed E-state index contributed by atoms with van der Waals surface area (Å²) in [7, 11) is 0. The van der Waals surface area contributed by atoms with Crippen molar-refractivity contribution in [1.29, 1.82) is 0 Å². The number of aliphatic hydroxyl groups is 1. The fourth-order valence-electron chi connectivity index (χ4n) is 2.24. The lowest BCUT2D eigenvalue weighted by molar-refractivity contribution is 0.175. The Morgan fingerprint density at radius 2 is 2.00 bits per heavy atom. The highest BCUT2D eigenvalue weighted by Gasteiger charge is 2.17. The number of halogens is 2. The average molecular weight is 402 g/mol. The maximum atomic E-state index is 10.5. The third-order valence-corrected chi connectivity index (χ3v) is 5.33. The summed E-state index contributed by atoms with van der Waals surface area (Å²) in [4.78, 5) is 0. The van der Waals surface area contributed by atoms with Gasteiger partial charge in [0.1, 0.15) is 0 Å². The van der Waals surface area contributed by atoms with E-state index in [0.717, 1.165) is 38.0 Å². The smallest absolute Gasteiger partial charge is 0.0845 e. The highest BCUT2D eigenvalue weighted by molar-refractivity contribution is 9.10. The van der Waals surface area contributed by atoms with Gasteiger partial charge in [-0.2, -0.15) is 5.10 Å². The Balaban J connectivity index is 2.27. The van der Waals surface area contributed by atoms with E-state index in [1.165, 1.54) is 0 Å². The van der Waals surface area contributed by atoms with E-state index in [-0.39, 0.29) is 0 Å². The Morgan fingerprint density at radius 3 is 2.60 bits per heavy atom. The molecular weight excluding hydrogens is 384 g/mol. The number of rotatable bonds is 4. The molecule has 20 heavy (non-hydrogen) atoms. The van der Waals surface area contributed by atoms with Crippen LogP contribution in [0.4, 0.5) is 0 Å². The standard InChI is InChI=1S/C15H18Br2N2O/c1-4-19-13(15(17)10(3)18-19)8-14(20)11-5-6-12(16)9(2)7-11/h5-7,14,20H,4,8H2,1-3H3. The van der Waals surface area contributed by atoms with Crippen molar-refractivity contribution in [2.75, 3.05) is 0 Å². The lowest BCUT2D eigenvalue weighted by atomic mass is 10.0. The molecule has 2 aromatic rings. The summed E-state index contributed by atoms with van der Waals surface area (Å²) in [6.07, 6.45) is 0.0237. The molecule has 3 nitrogen and oxygen atoms in total. The number of benzene rings is 1. The zero-order chi connectivity index (χ0) is 14.9. The van der Waals surface area contributed by atoms with Crippen molar-refractivity contribution in [3.05, 3.63) is 49.7 Å². The number of aryl methyl sites for hydroxylation is 3. The van der Waals surface area contributed by atoms with Crippen molar-refractivity contribution in [1.82, 2.24) is 9.78 Å². The molecule has 1 aromatic heterocycles. The minimum atomic E-state index is -0.528. The van der Waals surface area contributed by atoms with Crippen LogP contribution in [0.25, 0.3) is 0 Å². The van der Waals surface area contributed by atoms with Crippen molar-refractivity contribution in [3.63, 3.8) is 0 Å². The zero-order valence-corrected chi connectivity index (χ0v) is 15.0. The Morgan fingerprint density at radius 1 is 1.30 bits per heavy atom. The van der Waals surface area contributed by atoms with Gasteiger partial charge in [0.2, 0.25) is 0 Å². The SMILES string of the molecule is CCn1nc(C)c(Br)c1CC(O)c1ccc(Br)c(C)c1. The van der Waals surface area contributed by atoms with Gasteiger partial charge in [0.25, 0.3) is 0 Å². The molecular formula is C15H18Br2N2O. The summed E-state index contributed by atoms with van der Waals surface area (Å²) in [6, 6.07) is 5.95. The van der Waals surface area contributed by atoms with E-state index in [1.807, 2.05) is 36.7 Å². The van der Waals surface area contributed by atoms with Crippen LogP contribution in [-0.4, -0.2) is 14.9 Å². The lowest BCUT2D eigenvalue weighted by Gasteiger charge is -2.14. The molecule has 108 valence electrons. The third kappa shape index (κ3) is 3.15. The summed E-state index contributed by atoms with van der Waals surface area (Å²) in [5.74, 6) is 0. The Bertz CT molecular complexity index is 623. The first kappa shape index (κ1) is 15.7. The molecule has 5 heteroatoms. The van der Waals surface area contributed by atoms with Gasteiger partial charge in [-0.05, 0) is 53.9 Å². The summed E-state index contributed by atoms with van der Waals surface area (Å²) >= 11 is 7.05. The van der Waals surface area contributed by atoms with E-state index in [0.29, 0.717) is 6.42 Å². The molecule has 0 aliphatic carbocycles. The summed E-state index contributed by atoms with van der Waals surface area (Å²) in [6.45, 7) is 6.85. The van der Waals surface area contributed by atoms with Crippen LogP contribution in [0.5, 0.6) is 0 Å². The summed E-state index contributed by atoms with van der Waals surface area (Å²) in [5, 5.41) is 14.9. The van der Waals surface area contributed by atoms with Crippen molar-refractivity contribution in [2.45, 2.75) is 39.8 Å². The van der Waals surface area contributed by atoms with Gasteiger partial charge in [-0.1, -0.05) is 28.1 Å². The first-order valence-electron chi connectivity index (χ1n) is 6.60. The fourth-order valence-corrected chi connectivity index (χ4v) is 2.93. The second kappa shape index (κ2) is 6.41. The van der Waals surface area contributed by atoms with Crippen LogP contribution in [-0.2, 0) is 13.0 Å². The molecule has 0 radical (unpaired) electrons. The fraction of sp³-hybridized carbons (Fsp3) is 0.400. The maximum Gasteiger partial charge on any atom is 0.0845 e. The van der Waals surface area contributed by atoms with Crippen LogP contribution in [0.15, 0.2) is 27.1 Å². The van der Waals surface area contributed by atoms with Gasteiger partial charge in [-0.3, -0.25) is 4.68 Å². The topological polar surface area (TPSA) is 38.0 Å². The van der Waals surface area contributed by atoms with E-state index in [4.69, 9.17) is 0 Å². The second-order valence-corrected chi connectivity index (χ2v) is 6.54. The van der Waals surface area contributed by atoms with Crippen LogP contribution in [0, 0.1) is 13.8 Å². The molecule has 0 saturated heterocycles. The van der Waals surface area contributed by atoms with Gasteiger partial charge < -0.3 is 5.11 Å². The molecule has 0 fully saturated rings. The van der Waals surface area contributed by atoms with Gasteiger partial charge in [0.15, 0.2) is 0 Å². The number of hydrogen-bond acceptors (Lipinski definition) is 2. The molecule has 0 aliphatic heterocycles. The summed E-state index contributed by atoms with van der Waals surface area (Å²) in [5.41, 5.74) is 4.05. The molecule has 1 heterocycles. The second-order valence-electron chi connectivity index (χ2n) is 4.89. The van der Waals surface area contributed by atoms with Gasteiger partial charge >= 0.3 is 0 Å². The molecule has 1 aromatic carbocycles. The van der Waals surface area contributed by atoms with Gasteiger partial charge in [0.05, 0.1) is 22.0 Å². The number of hydrogen-bond donors (Lipinski definition) is 1. The molecule has 0 amide bonds. The third-order valence-electron chi connectivity index (χ3n) is 3.41. The normalized spacial score (nSPS) is 12.7. The van der Waals surface area contributed by atoms with Crippen LogP contribution in [0.3, 0.4) is 0 Å². The van der Waals surface area contributed by atoms with Crippen LogP contribution in [0.2, 0.25) is 0 Å². The molecule has 0 spiro atoms. The van der Waals surface area contributed by atoms with Crippen LogP contribution >= 0.6 is 31.9 Å². The van der Waals surface area contributed by atoms with Gasteiger partial charge in [0, 0.05) is 17.4 Å². The maximum absolute atomic E-state index is 10.5. The number of aliphatic hydroxyl groups excluding tert-OH is 1. The Kier molecular flexibility index (Phi) is 5.04. The minimum absolute atomic E-state index is 0.528. The quantitative estimate of drug-likeness (QED) is 0.828. The molecule has 0 saturated carbocycles. The highest BCUT2D eigenvalue weighted by atomic mass is 79.9. The zero-order valence-electron chi connectivity index (χ0n) is 11.8. The first-order valence-corrected chi connectivity index (χ1v) is 8.18. The Hall–Kier alpha value is -0.650. The lowest BCUT2D eigenvalue weighted by Crippen LogP contribution is -2.09. The molecule has 1 N–H and O–H groups in total. The van der Waals surface area contributed by atoms with E-state index in [2.05, 4.69) is 43.9 Å². The largest absolute Gasteiger partial charge is 0.388 e. The van der Waals surface area contributed by atoms with Crippen LogP contribution in [0.1, 0.15) is 35.5 Å². The molecule has 0 aliphatic rings.